The van der Waals surface area contributed by atoms with Crippen LogP contribution >= 0.6 is 0 Å². The van der Waals surface area contributed by atoms with Gasteiger partial charge in [0, 0.05) is 144 Å². The van der Waals surface area contributed by atoms with Crippen molar-refractivity contribution in [2.24, 2.45) is 0 Å². The first-order chi connectivity index (χ1) is 40.4. The van der Waals surface area contributed by atoms with E-state index in [1.54, 1.807) is 96.9 Å². The first-order valence-corrected chi connectivity index (χ1v) is 32.1. The third kappa shape index (κ3) is 18.1. The lowest BCUT2D eigenvalue weighted by Gasteiger charge is -2.67. The lowest BCUT2D eigenvalue weighted by molar-refractivity contribution is -0.620. The van der Waals surface area contributed by atoms with E-state index in [9.17, 15) is 9.90 Å². The summed E-state index contributed by atoms with van der Waals surface area (Å²) in [5, 5.41) is 10.7. The highest BCUT2D eigenvalue weighted by molar-refractivity contribution is 5.86. The van der Waals surface area contributed by atoms with Crippen LogP contribution in [0, 0.1) is 0 Å². The molecule has 22 nitrogen and oxygen atoms in total. The first kappa shape index (κ1) is 82.4. The molecule has 0 amide bonds. The minimum absolute atomic E-state index is 0.0188. The van der Waals surface area contributed by atoms with Crippen molar-refractivity contribution in [1.29, 1.82) is 0 Å². The average molecular weight is 1220 g/mol. The van der Waals surface area contributed by atoms with Gasteiger partial charge in [0.1, 0.15) is 6.10 Å². The number of carboxylic acids is 1. The summed E-state index contributed by atoms with van der Waals surface area (Å²) in [6.07, 6.45) is 6.28. The zero-order valence-electron chi connectivity index (χ0n) is 56.5. The van der Waals surface area contributed by atoms with Gasteiger partial charge in [-0.15, -0.1) is 0 Å². The van der Waals surface area contributed by atoms with Crippen LogP contribution in [0.15, 0.2) is 11.6 Å². The fraction of sp³-hybridized carbons (Fsp3) is 0.952. The second-order valence-corrected chi connectivity index (χ2v) is 18.7. The molecule has 0 aromatic heterocycles. The van der Waals surface area contributed by atoms with Gasteiger partial charge in [-0.2, -0.15) is 0 Å². The number of carbonyl (C=O) groups is 1. The minimum Gasteiger partial charge on any atom is -0.478 e. The highest BCUT2D eigenvalue weighted by atomic mass is 16.9. The van der Waals surface area contributed by atoms with Gasteiger partial charge in [-0.25, -0.2) is 4.79 Å². The molecule has 1 N–H and O–H groups in total. The van der Waals surface area contributed by atoms with Crippen molar-refractivity contribution in [1.82, 2.24) is 0 Å². The largest absolute Gasteiger partial charge is 0.478 e. The molecule has 0 aliphatic rings. The summed E-state index contributed by atoms with van der Waals surface area (Å²) in [6.45, 7) is 36.6. The van der Waals surface area contributed by atoms with Gasteiger partial charge in [-0.05, 0) is 164 Å². The van der Waals surface area contributed by atoms with Crippen LogP contribution in [0.2, 0.25) is 0 Å². The van der Waals surface area contributed by atoms with Gasteiger partial charge in [0.2, 0.25) is 0 Å². The van der Waals surface area contributed by atoms with Gasteiger partial charge in [-0.1, -0.05) is 32.1 Å². The summed E-state index contributed by atoms with van der Waals surface area (Å²) in [5.74, 6) is -23.4. The summed E-state index contributed by atoms with van der Waals surface area (Å²) in [5.41, 5.74) is -0.213. The molecule has 22 heteroatoms. The molecular formula is C62H122O22. The highest BCUT2D eigenvalue weighted by Crippen LogP contribution is 2.63. The maximum absolute atomic E-state index is 13.2. The molecule has 0 radical (unpaired) electrons. The van der Waals surface area contributed by atoms with Gasteiger partial charge < -0.3 is 99.8 Å². The number of aliphatic carboxylic acids is 1. The van der Waals surface area contributed by atoms with Gasteiger partial charge in [0.05, 0.1) is 0 Å². The van der Waals surface area contributed by atoms with Gasteiger partial charge in [-0.3, -0.25) is 0 Å². The Labute approximate surface area is 508 Å². The van der Waals surface area contributed by atoms with Crippen LogP contribution in [0.25, 0.3) is 0 Å². The summed E-state index contributed by atoms with van der Waals surface area (Å²) in [7, 11) is 0. The van der Waals surface area contributed by atoms with E-state index in [2.05, 4.69) is 0 Å². The van der Waals surface area contributed by atoms with Gasteiger partial charge >= 0.3 is 5.97 Å². The zero-order chi connectivity index (χ0) is 63.9. The fourth-order valence-electron chi connectivity index (χ4n) is 11.5. The molecule has 502 valence electrons. The summed E-state index contributed by atoms with van der Waals surface area (Å²) in [4.78, 5) is 13.2. The lowest BCUT2D eigenvalue weighted by atomic mass is 9.73. The second kappa shape index (κ2) is 43.2. The highest BCUT2D eigenvalue weighted by Gasteiger charge is 2.93. The number of carboxylic acid groups (broad SMARTS) is 1. The molecule has 1 atom stereocenters. The summed E-state index contributed by atoms with van der Waals surface area (Å²) < 4.78 is 142. The summed E-state index contributed by atoms with van der Waals surface area (Å²) in [6, 6.07) is 0. The van der Waals surface area contributed by atoms with Crippen LogP contribution in [0.1, 0.15) is 197 Å². The molecule has 0 bridgehead atoms. The first-order valence-electron chi connectivity index (χ1n) is 32.1. The van der Waals surface area contributed by atoms with E-state index in [4.69, 9.17) is 94.7 Å². The molecule has 0 rings (SSSR count). The molecule has 84 heavy (non-hydrogen) atoms. The number of ether oxygens (including phenoxy) is 20. The maximum atomic E-state index is 13.2. The Bertz CT molecular complexity index is 1620. The third-order valence-electron chi connectivity index (χ3n) is 13.5. The van der Waals surface area contributed by atoms with Crippen molar-refractivity contribution < 1.29 is 105 Å². The second-order valence-electron chi connectivity index (χ2n) is 18.7. The van der Waals surface area contributed by atoms with E-state index in [0.717, 1.165) is 32.1 Å². The van der Waals surface area contributed by atoms with Crippen LogP contribution in [-0.2, 0) is 99.5 Å². The monoisotopic (exact) mass is 1220 g/mol. The molecule has 0 aromatic carbocycles. The van der Waals surface area contributed by atoms with E-state index >= 15 is 0 Å². The average Bonchev–Trinajstić information content (AvgIpc) is 3.45. The van der Waals surface area contributed by atoms with Crippen molar-refractivity contribution in [3.8, 4) is 0 Å². The Balaban J connectivity index is 10.2. The van der Waals surface area contributed by atoms with Crippen molar-refractivity contribution in [2.75, 3.05) is 132 Å². The Kier molecular flexibility index (Phi) is 42.4. The molecule has 0 saturated heterocycles. The van der Waals surface area contributed by atoms with Crippen molar-refractivity contribution >= 4 is 5.97 Å². The SMILES string of the molecule is CCOC(CCCCCCCCC(OCC)(OCC)OCC)C(OCC)(OCC)C(OCC)(OCC)C(OCC)(OCC)C(OCC)(OCC)C(OCC)(OCC)C(OCC)(OCC)C(OCC)(OCC)C(C=C(C)C(=O)O)(OCC)OCC. The lowest BCUT2D eigenvalue weighted by Crippen LogP contribution is -2.93. The molecule has 0 heterocycles. The minimum atomic E-state index is -2.85. The topological polar surface area (TPSA) is 222 Å². The van der Waals surface area contributed by atoms with Gasteiger partial charge in [0.25, 0.3) is 52.3 Å². The third-order valence-corrected chi connectivity index (χ3v) is 13.5. The quantitative estimate of drug-likeness (QED) is 0.0340. The van der Waals surface area contributed by atoms with E-state index in [1.165, 1.54) is 13.0 Å². The molecule has 0 saturated carbocycles. The predicted molar refractivity (Wildman–Crippen MR) is 319 cm³/mol. The van der Waals surface area contributed by atoms with Crippen LogP contribution in [0.4, 0.5) is 0 Å². The predicted octanol–water partition coefficient (Wildman–Crippen LogP) is 11.5. The Morgan fingerprint density at radius 1 is 0.321 bits per heavy atom. The zero-order valence-corrected chi connectivity index (χ0v) is 56.5. The van der Waals surface area contributed by atoms with Crippen LogP contribution in [0.5, 0.6) is 0 Å². The standard InChI is InChI=1S/C62H122O22/c1-22-65-52(48-46-44-42-43-45-47-49-55(68-25-4,69-26-5)70-27-6)56(71-28-7,72-29-8)58(75-32-11,76-33-12)60(79-36-15,80-37-16)62(83-40-19,84-41-20)61(81-38-17,82-39-18)59(77-34-13,78-35-14)57(73-30-9,74-31-10)54(66-23-2,67-24-3)50-51(21)53(63)64/h50,52H,22-49H2,1-21H3,(H,63,64). The van der Waals surface area contributed by atoms with E-state index in [0.29, 0.717) is 39.1 Å². The number of hydrogen-bond acceptors (Lipinski definition) is 21. The molecular weight excluding hydrogens is 1100 g/mol. The molecule has 0 aromatic rings. The molecule has 0 aliphatic heterocycles. The smallest absolute Gasteiger partial charge is 0.331 e. The molecule has 0 fully saturated rings. The van der Waals surface area contributed by atoms with E-state index in [1.807, 2.05) is 41.5 Å². The van der Waals surface area contributed by atoms with Crippen LogP contribution in [0.3, 0.4) is 0 Å². The Morgan fingerprint density at radius 3 is 0.881 bits per heavy atom. The fourth-order valence-corrected chi connectivity index (χ4v) is 11.5. The number of rotatable bonds is 59. The maximum Gasteiger partial charge on any atom is 0.331 e. The summed E-state index contributed by atoms with van der Waals surface area (Å²) >= 11 is 0. The van der Waals surface area contributed by atoms with E-state index < -0.39 is 64.3 Å². The molecule has 0 aliphatic carbocycles. The Morgan fingerprint density at radius 2 is 0.583 bits per heavy atom. The van der Waals surface area contributed by atoms with Crippen LogP contribution < -0.4 is 0 Å². The van der Waals surface area contributed by atoms with E-state index in [-0.39, 0.29) is 118 Å². The van der Waals surface area contributed by atoms with Crippen LogP contribution in [-0.4, -0.2) is 202 Å². The Hall–Kier alpha value is -1.59. The van der Waals surface area contributed by atoms with Crippen molar-refractivity contribution in [3.63, 3.8) is 0 Å². The van der Waals surface area contributed by atoms with Crippen molar-refractivity contribution in [3.05, 3.63) is 11.6 Å². The normalized spacial score (nSPS) is 14.3. The number of unbranched alkanes of at least 4 members (excludes halogenated alkanes) is 5. The van der Waals surface area contributed by atoms with Crippen molar-refractivity contribution in [2.45, 2.75) is 255 Å². The molecule has 0 spiro atoms. The number of hydrogen-bond donors (Lipinski definition) is 1. The van der Waals surface area contributed by atoms with Gasteiger partial charge in [0.15, 0.2) is 0 Å². The molecule has 1 unspecified atom stereocenters.